The summed E-state index contributed by atoms with van der Waals surface area (Å²) < 4.78 is 1.89. The minimum atomic E-state index is -0.122. The Kier molecular flexibility index (Phi) is 22.7. The van der Waals surface area contributed by atoms with Gasteiger partial charge in [0.15, 0.2) is 11.9 Å². The minimum Gasteiger partial charge on any atom is -0.395 e. The fourth-order valence-corrected chi connectivity index (χ4v) is 7.16. The van der Waals surface area contributed by atoms with Crippen LogP contribution in [0.5, 0.6) is 0 Å². The van der Waals surface area contributed by atoms with Crippen molar-refractivity contribution in [3.63, 3.8) is 0 Å². The molecule has 0 unspecified atom stereocenters. The molecule has 0 saturated heterocycles. The fraction of sp³-hybridized carbons (Fsp3) is 0.333. The van der Waals surface area contributed by atoms with E-state index in [1.807, 2.05) is 118 Å². The molecule has 7 N–H and O–H groups in total. The number of aliphatic hydroxyl groups excluding tert-OH is 4. The van der Waals surface area contributed by atoms with Gasteiger partial charge in [0, 0.05) is 92.5 Å². The summed E-state index contributed by atoms with van der Waals surface area (Å²) in [6, 6.07) is 21.5. The number of nitrogens with one attached hydrogen (secondary N) is 3. The third-order valence-electron chi connectivity index (χ3n) is 8.15. The largest absolute Gasteiger partial charge is 0.395 e. The average molecular weight is 805 g/mol. The van der Waals surface area contributed by atoms with Crippen LogP contribution in [0.3, 0.4) is 0 Å². The van der Waals surface area contributed by atoms with Gasteiger partial charge < -0.3 is 40.9 Å². The van der Waals surface area contributed by atoms with Crippen LogP contribution in [-0.4, -0.2) is 122 Å². The second-order valence-corrected chi connectivity index (χ2v) is 14.9. The van der Waals surface area contributed by atoms with Crippen molar-refractivity contribution in [3.8, 4) is 0 Å². The second-order valence-electron chi connectivity index (χ2n) is 12.2. The zero-order chi connectivity index (χ0) is 40.2. The highest BCUT2D eigenvalue weighted by atomic mass is 33.1. The zero-order valence-corrected chi connectivity index (χ0v) is 33.5. The van der Waals surface area contributed by atoms with E-state index >= 15 is 0 Å². The van der Waals surface area contributed by atoms with Crippen LogP contribution in [0.4, 0.5) is 11.4 Å². The number of allylic oxidation sites excluding steroid dienone is 4. The topological polar surface area (TPSA) is 163 Å². The van der Waals surface area contributed by atoms with Crippen molar-refractivity contribution in [2.75, 3.05) is 93.5 Å². The lowest BCUT2D eigenvalue weighted by Crippen LogP contribution is -2.75. The summed E-state index contributed by atoms with van der Waals surface area (Å²) in [4.78, 5) is 32.2. The van der Waals surface area contributed by atoms with Crippen molar-refractivity contribution in [1.29, 1.82) is 0 Å². The predicted molar refractivity (Wildman–Crippen MR) is 231 cm³/mol. The minimum absolute atomic E-state index is 0.00533. The van der Waals surface area contributed by atoms with Gasteiger partial charge in [-0.15, -0.1) is 0 Å². The molecule has 2 aromatic carbocycles. The third-order valence-corrected chi connectivity index (χ3v) is 10.6. The van der Waals surface area contributed by atoms with Gasteiger partial charge in [0.25, 0.3) is 11.8 Å². The van der Waals surface area contributed by atoms with Crippen LogP contribution >= 0.6 is 21.6 Å². The van der Waals surface area contributed by atoms with Gasteiger partial charge in [-0.05, 0) is 53.6 Å². The van der Waals surface area contributed by atoms with Crippen LogP contribution in [0.2, 0.25) is 0 Å². The maximum absolute atomic E-state index is 12.7. The molecule has 0 saturated carbocycles. The van der Waals surface area contributed by atoms with Crippen molar-refractivity contribution < 1.29 is 39.6 Å². The Labute approximate surface area is 338 Å². The predicted octanol–water partition coefficient (Wildman–Crippen LogP) is 1.32. The standard InChI is InChI=1S/C42H54N6O6S2/c1-2-3-6-37(14-8-35-10-16-39(17-11-35)46(23-27-49)24-28-50)45-33-41(53)43-20-31-55-56-32-21-44-42(54)34-48-22-5-4-7-38(48)15-9-36-12-18-40(19-13-36)47(25-29-51)26-30-52/h2-19,22,49-52H,1,20-21,23-34H2,(H-,43,44,53,54)/p+2/b6-3-,14-8-,45-37?. The Balaban J connectivity index is 1.35. The monoisotopic (exact) mass is 804 g/mol. The summed E-state index contributed by atoms with van der Waals surface area (Å²) in [5.74, 6) is 1.26. The molecule has 0 atom stereocenters. The first kappa shape index (κ1) is 45.7. The molecule has 1 heterocycles. The number of aliphatic hydroxyl groups is 4. The van der Waals surface area contributed by atoms with Crippen LogP contribution in [0.25, 0.3) is 18.2 Å². The van der Waals surface area contributed by atoms with Gasteiger partial charge in [0.2, 0.25) is 18.8 Å². The van der Waals surface area contributed by atoms with Crippen molar-refractivity contribution in [2.24, 2.45) is 0 Å². The van der Waals surface area contributed by atoms with Gasteiger partial charge in [-0.3, -0.25) is 9.59 Å². The molecule has 0 fully saturated rings. The molecule has 3 rings (SSSR count). The normalized spacial score (nSPS) is 11.8. The van der Waals surface area contributed by atoms with Crippen molar-refractivity contribution in [3.05, 3.63) is 121 Å². The summed E-state index contributed by atoms with van der Waals surface area (Å²) in [6.45, 7) is 6.91. The summed E-state index contributed by atoms with van der Waals surface area (Å²) in [5.41, 5.74) is 5.44. The Bertz CT molecular complexity index is 1720. The number of carbonyl (C=O) groups is 2. The summed E-state index contributed by atoms with van der Waals surface area (Å²) in [5, 5.41) is 43.1. The molecular formula is C42H56N6O6S2+2. The highest BCUT2D eigenvalue weighted by Gasteiger charge is 2.13. The van der Waals surface area contributed by atoms with Gasteiger partial charge in [-0.1, -0.05) is 64.6 Å². The molecule has 2 amide bonds. The first-order chi connectivity index (χ1) is 27.4. The number of nitrogens with zero attached hydrogens (tertiary/aromatic N) is 3. The highest BCUT2D eigenvalue weighted by Crippen LogP contribution is 2.19. The van der Waals surface area contributed by atoms with Gasteiger partial charge in [-0.2, -0.15) is 4.57 Å². The molecule has 0 aliphatic carbocycles. The SMILES string of the molecule is C=C/C=C\C(/C=C\c1ccc(N(CCO)CCO)cc1)=[NH+]CC(=O)NCCSSCCNC(=O)C[n+]1ccccc1/C=C/c1ccc(N(CCO)CCO)cc1. The number of aromatic nitrogens is 1. The molecular weight excluding hydrogens is 749 g/mol. The number of benzene rings is 2. The van der Waals surface area contributed by atoms with Crippen molar-refractivity contribution in [1.82, 2.24) is 10.6 Å². The lowest BCUT2D eigenvalue weighted by Gasteiger charge is -2.22. The van der Waals surface area contributed by atoms with E-state index < -0.39 is 0 Å². The lowest BCUT2D eigenvalue weighted by atomic mass is 10.1. The number of hydrogen-bond acceptors (Lipinski definition) is 10. The molecule has 0 radical (unpaired) electrons. The maximum atomic E-state index is 12.7. The van der Waals surface area contributed by atoms with E-state index in [0.29, 0.717) is 39.3 Å². The van der Waals surface area contributed by atoms with E-state index in [4.69, 9.17) is 0 Å². The molecule has 14 heteroatoms. The zero-order valence-electron chi connectivity index (χ0n) is 31.8. The number of hydrogen-bond donors (Lipinski definition) is 7. The average Bonchev–Trinajstić information content (AvgIpc) is 3.21. The fourth-order valence-electron chi connectivity index (χ4n) is 5.35. The highest BCUT2D eigenvalue weighted by molar-refractivity contribution is 8.76. The maximum Gasteiger partial charge on any atom is 0.286 e. The number of pyridine rings is 1. The Morgan fingerprint density at radius 2 is 1.23 bits per heavy atom. The van der Waals surface area contributed by atoms with E-state index in [1.165, 1.54) is 0 Å². The molecule has 1 aromatic heterocycles. The molecule has 300 valence electrons. The van der Waals surface area contributed by atoms with Gasteiger partial charge in [0.1, 0.15) is 0 Å². The molecule has 3 aromatic rings. The second kappa shape index (κ2) is 27.8. The van der Waals surface area contributed by atoms with Crippen LogP contribution in [-0.2, 0) is 16.1 Å². The van der Waals surface area contributed by atoms with E-state index in [-0.39, 0.29) is 51.3 Å². The van der Waals surface area contributed by atoms with Crippen LogP contribution in [0.15, 0.2) is 104 Å². The van der Waals surface area contributed by atoms with Crippen LogP contribution in [0, 0.1) is 0 Å². The van der Waals surface area contributed by atoms with E-state index in [0.717, 1.165) is 45.4 Å². The number of anilines is 2. The van der Waals surface area contributed by atoms with Crippen LogP contribution < -0.4 is 30.0 Å². The summed E-state index contributed by atoms with van der Waals surface area (Å²) >= 11 is 0. The van der Waals surface area contributed by atoms with Gasteiger partial charge in [0.05, 0.1) is 26.4 Å². The molecule has 12 nitrogen and oxygen atoms in total. The quantitative estimate of drug-likeness (QED) is 0.0197. The first-order valence-electron chi connectivity index (χ1n) is 18.6. The Morgan fingerprint density at radius 3 is 1.77 bits per heavy atom. The molecule has 0 aliphatic heterocycles. The summed E-state index contributed by atoms with van der Waals surface area (Å²) in [6.07, 6.45) is 15.0. The Morgan fingerprint density at radius 1 is 0.696 bits per heavy atom. The molecule has 0 aliphatic rings. The van der Waals surface area contributed by atoms with Crippen molar-refractivity contribution >= 4 is 68.7 Å². The molecule has 0 spiro atoms. The van der Waals surface area contributed by atoms with E-state index in [9.17, 15) is 30.0 Å². The lowest BCUT2D eigenvalue weighted by molar-refractivity contribution is -0.686. The van der Waals surface area contributed by atoms with Gasteiger partial charge >= 0.3 is 0 Å². The van der Waals surface area contributed by atoms with E-state index in [1.54, 1.807) is 33.7 Å². The number of amides is 2. The summed E-state index contributed by atoms with van der Waals surface area (Å²) in [7, 11) is 3.28. The van der Waals surface area contributed by atoms with Crippen molar-refractivity contribution in [2.45, 2.75) is 6.54 Å². The Hall–Kier alpha value is -4.70. The molecule has 56 heavy (non-hydrogen) atoms. The smallest absolute Gasteiger partial charge is 0.286 e. The molecule has 0 bridgehead atoms. The number of rotatable bonds is 27. The van der Waals surface area contributed by atoms with Crippen LogP contribution in [0.1, 0.15) is 16.8 Å². The van der Waals surface area contributed by atoms with E-state index in [2.05, 4.69) is 22.2 Å². The number of carbonyl (C=O) groups excluding carboxylic acids is 2. The third kappa shape index (κ3) is 17.8. The van der Waals surface area contributed by atoms with Gasteiger partial charge in [-0.25, -0.2) is 4.99 Å². The first-order valence-corrected chi connectivity index (χ1v) is 21.0.